The van der Waals surface area contributed by atoms with Gasteiger partial charge in [0, 0.05) is 33.3 Å². The maximum Gasteiger partial charge on any atom is 0.139 e. The van der Waals surface area contributed by atoms with Gasteiger partial charge in [0.05, 0.1) is 23.8 Å². The molecule has 2 aliphatic rings. The molecule has 0 saturated carbocycles. The lowest BCUT2D eigenvalue weighted by Gasteiger charge is -2.30. The number of benzene rings is 1. The summed E-state index contributed by atoms with van der Waals surface area (Å²) in [5, 5.41) is 2.20. The Morgan fingerprint density at radius 1 is 1.40 bits per heavy atom. The van der Waals surface area contributed by atoms with E-state index in [0.717, 1.165) is 52.1 Å². The summed E-state index contributed by atoms with van der Waals surface area (Å²) in [6.45, 7) is 6.54. The smallest absolute Gasteiger partial charge is 0.139 e. The van der Waals surface area contributed by atoms with E-state index in [1.54, 1.807) is 11.3 Å². The fourth-order valence-electron chi connectivity index (χ4n) is 3.60. The number of nitrogens with one attached hydrogen (secondary N) is 1. The first-order valence-electron chi connectivity index (χ1n) is 9.85. The summed E-state index contributed by atoms with van der Waals surface area (Å²) in [7, 11) is 0. The van der Waals surface area contributed by atoms with E-state index in [2.05, 4.69) is 24.2 Å². The highest BCUT2D eigenvalue weighted by Crippen LogP contribution is 2.42. The van der Waals surface area contributed by atoms with Crippen molar-refractivity contribution in [2.24, 2.45) is 15.8 Å². The van der Waals surface area contributed by atoms with E-state index in [0.29, 0.717) is 22.7 Å². The van der Waals surface area contributed by atoms with E-state index >= 15 is 0 Å². The van der Waals surface area contributed by atoms with E-state index in [-0.39, 0.29) is 0 Å². The number of halogens is 1. The molecule has 0 bridgehead atoms. The van der Waals surface area contributed by atoms with E-state index < -0.39 is 0 Å². The average molecular weight is 478 g/mol. The van der Waals surface area contributed by atoms with Crippen molar-refractivity contribution >= 4 is 68.5 Å². The molecule has 5 nitrogen and oxygen atoms in total. The van der Waals surface area contributed by atoms with Gasteiger partial charge in [0.15, 0.2) is 0 Å². The summed E-state index contributed by atoms with van der Waals surface area (Å²) in [6.07, 6.45) is 0.915. The Kier molecular flexibility index (Phi) is 6.79. The van der Waals surface area contributed by atoms with Crippen LogP contribution in [0, 0.1) is 0 Å². The predicted octanol–water partition coefficient (Wildman–Crippen LogP) is 4.57. The maximum absolute atomic E-state index is 6.54. The zero-order valence-electron chi connectivity index (χ0n) is 16.9. The van der Waals surface area contributed by atoms with E-state index in [1.807, 2.05) is 36.0 Å². The Morgan fingerprint density at radius 2 is 2.20 bits per heavy atom. The van der Waals surface area contributed by atoms with Crippen LogP contribution in [0.2, 0.25) is 5.02 Å². The molecule has 0 unspecified atom stereocenters. The number of thiocarbonyl (C=S) groups is 1. The first-order chi connectivity index (χ1) is 14.5. The van der Waals surface area contributed by atoms with Gasteiger partial charge in [-0.1, -0.05) is 55.9 Å². The van der Waals surface area contributed by atoms with Gasteiger partial charge in [0.1, 0.15) is 10.8 Å². The minimum Gasteiger partial charge on any atom is -0.360 e. The van der Waals surface area contributed by atoms with Crippen LogP contribution < -0.4 is 11.3 Å². The van der Waals surface area contributed by atoms with Crippen molar-refractivity contribution in [2.75, 3.05) is 18.8 Å². The molecule has 4 rings (SSSR count). The summed E-state index contributed by atoms with van der Waals surface area (Å²) >= 11 is 15.9. The Bertz CT molecular complexity index is 1030. The fourth-order valence-corrected chi connectivity index (χ4v) is 6.10. The molecule has 0 atom stereocenters. The van der Waals surface area contributed by atoms with Crippen LogP contribution in [0.3, 0.4) is 0 Å². The number of hydrazine groups is 1. The lowest BCUT2D eigenvalue weighted by atomic mass is 9.95. The summed E-state index contributed by atoms with van der Waals surface area (Å²) in [4.78, 5) is 14.3. The fraction of sp³-hybridized carbons (Fsp3) is 0.381. The Hall–Kier alpha value is -1.45. The number of amidine groups is 1. The monoisotopic (exact) mass is 477 g/mol. The number of nitrogens with two attached hydrogens (primary N) is 1. The average Bonchev–Trinajstić information content (AvgIpc) is 2.98. The molecule has 3 N–H and O–H groups in total. The number of thioether (sulfide) groups is 1. The molecular weight excluding hydrogens is 454 g/mol. The van der Waals surface area contributed by atoms with Crippen LogP contribution in [-0.4, -0.2) is 45.5 Å². The van der Waals surface area contributed by atoms with Crippen molar-refractivity contribution in [3.63, 3.8) is 0 Å². The zero-order valence-corrected chi connectivity index (χ0v) is 20.1. The van der Waals surface area contributed by atoms with Crippen molar-refractivity contribution in [1.29, 1.82) is 0 Å². The number of hydrogen-bond donors (Lipinski definition) is 2. The summed E-state index contributed by atoms with van der Waals surface area (Å²) < 4.78 is 0. The van der Waals surface area contributed by atoms with Crippen molar-refractivity contribution < 1.29 is 0 Å². The third-order valence-electron chi connectivity index (χ3n) is 5.09. The topological polar surface area (TPSA) is 66.0 Å². The largest absolute Gasteiger partial charge is 0.360 e. The second-order valence-electron chi connectivity index (χ2n) is 7.46. The minimum absolute atomic E-state index is 0.399. The van der Waals surface area contributed by atoms with Crippen LogP contribution in [0.15, 0.2) is 34.3 Å². The Balaban J connectivity index is 1.71. The first-order valence-corrected chi connectivity index (χ1v) is 12.5. The zero-order chi connectivity index (χ0) is 21.3. The van der Waals surface area contributed by atoms with Gasteiger partial charge in [0.2, 0.25) is 0 Å². The molecule has 2 aromatic rings. The van der Waals surface area contributed by atoms with Crippen molar-refractivity contribution in [3.8, 4) is 0 Å². The summed E-state index contributed by atoms with van der Waals surface area (Å²) in [6, 6.07) is 7.84. The molecular formula is C21H24ClN5S3. The molecule has 158 valence electrons. The second-order valence-corrected chi connectivity index (χ2v) is 11.0. The van der Waals surface area contributed by atoms with Crippen LogP contribution in [0.1, 0.15) is 35.4 Å². The molecule has 3 heterocycles. The molecule has 0 saturated heterocycles. The molecule has 1 aromatic heterocycles. The quantitative estimate of drug-likeness (QED) is 0.383. The third kappa shape index (κ3) is 4.43. The number of aliphatic imine (C=N–C) groups is 2. The lowest BCUT2D eigenvalue weighted by molar-refractivity contribution is 0.404. The highest BCUT2D eigenvalue weighted by Gasteiger charge is 2.30. The first kappa shape index (κ1) is 21.8. The van der Waals surface area contributed by atoms with Gasteiger partial charge in [-0.2, -0.15) is 11.8 Å². The third-order valence-corrected chi connectivity index (χ3v) is 8.22. The van der Waals surface area contributed by atoms with Crippen LogP contribution in [0.25, 0.3) is 0 Å². The number of fused-ring (bicyclic) bond motifs is 3. The van der Waals surface area contributed by atoms with E-state index in [1.165, 1.54) is 10.4 Å². The van der Waals surface area contributed by atoms with Crippen LogP contribution >= 0.6 is 46.9 Å². The molecule has 0 aliphatic carbocycles. The number of nitrogens with zero attached hydrogens (tertiary/aromatic N) is 3. The van der Waals surface area contributed by atoms with Gasteiger partial charge in [-0.15, -0.1) is 11.3 Å². The Morgan fingerprint density at radius 3 is 2.93 bits per heavy atom. The van der Waals surface area contributed by atoms with Gasteiger partial charge in [-0.25, -0.2) is 10.8 Å². The second kappa shape index (κ2) is 9.36. The standard InChI is InChI=1S/C21H24ClN5S3/c1-12(2)29-11-18(28)27-8-7-14-16(10-27)30-21-19(14)20(24-9-17(25-21)26-23)13-5-3-4-6-15(13)22/h3-6,12H,7-11,23H2,1-2H3,(H,25,26). The van der Waals surface area contributed by atoms with Gasteiger partial charge < -0.3 is 10.3 Å². The van der Waals surface area contributed by atoms with Gasteiger partial charge in [-0.05, 0) is 23.3 Å². The molecule has 1 aromatic carbocycles. The number of rotatable bonds is 4. The van der Waals surface area contributed by atoms with E-state index in [4.69, 9.17) is 39.6 Å². The number of thiophene rings is 1. The molecule has 9 heteroatoms. The van der Waals surface area contributed by atoms with Crippen molar-refractivity contribution in [3.05, 3.63) is 50.9 Å². The molecule has 0 fully saturated rings. The maximum atomic E-state index is 6.54. The van der Waals surface area contributed by atoms with Crippen molar-refractivity contribution in [2.45, 2.75) is 32.1 Å². The number of hydrogen-bond acceptors (Lipinski definition) is 7. The minimum atomic E-state index is 0.399. The highest BCUT2D eigenvalue weighted by molar-refractivity contribution is 8.01. The van der Waals surface area contributed by atoms with Crippen molar-refractivity contribution in [1.82, 2.24) is 10.3 Å². The van der Waals surface area contributed by atoms with Crippen LogP contribution in [0.4, 0.5) is 5.00 Å². The predicted molar refractivity (Wildman–Crippen MR) is 135 cm³/mol. The van der Waals surface area contributed by atoms with E-state index in [9.17, 15) is 0 Å². The van der Waals surface area contributed by atoms with Gasteiger partial charge in [-0.3, -0.25) is 4.99 Å². The van der Waals surface area contributed by atoms with Gasteiger partial charge >= 0.3 is 0 Å². The lowest BCUT2D eigenvalue weighted by Crippen LogP contribution is -2.36. The molecule has 2 aliphatic heterocycles. The molecule has 0 amide bonds. The SMILES string of the molecule is CC(C)SCC(=S)N1CCc2c(sc3c2C(c2ccccc2Cl)=NCC(NN)=N3)C1. The van der Waals surface area contributed by atoms with Gasteiger partial charge in [0.25, 0.3) is 0 Å². The summed E-state index contributed by atoms with van der Waals surface area (Å²) in [5.74, 6) is 7.23. The highest BCUT2D eigenvalue weighted by atomic mass is 35.5. The molecule has 30 heavy (non-hydrogen) atoms. The summed E-state index contributed by atoms with van der Waals surface area (Å²) in [5.41, 5.74) is 6.92. The molecule has 0 radical (unpaired) electrons. The Labute approximate surface area is 195 Å². The normalized spacial score (nSPS) is 15.8. The van der Waals surface area contributed by atoms with Crippen LogP contribution in [0.5, 0.6) is 0 Å². The molecule has 0 spiro atoms. The van der Waals surface area contributed by atoms with Crippen LogP contribution in [-0.2, 0) is 13.0 Å².